The zero-order chi connectivity index (χ0) is 17.3. The molecule has 0 saturated heterocycles. The fourth-order valence-electron chi connectivity index (χ4n) is 2.68. The van der Waals surface area contributed by atoms with E-state index in [9.17, 15) is 10.1 Å². The number of carbonyl (C=O) groups is 1. The average Bonchev–Trinajstić information content (AvgIpc) is 2.92. The van der Waals surface area contributed by atoms with Crippen molar-refractivity contribution in [1.82, 2.24) is 9.55 Å². The highest BCUT2D eigenvalue weighted by Gasteiger charge is 2.29. The Bertz CT molecular complexity index is 972. The van der Waals surface area contributed by atoms with E-state index in [0.717, 1.165) is 11.0 Å². The van der Waals surface area contributed by atoms with Crippen LogP contribution < -0.4 is 4.74 Å². The molecule has 0 saturated carbocycles. The molecule has 0 spiro atoms. The van der Waals surface area contributed by atoms with Crippen LogP contribution in [0.2, 0.25) is 5.02 Å². The van der Waals surface area contributed by atoms with Crippen molar-refractivity contribution in [3.05, 3.63) is 58.9 Å². The minimum Gasteiger partial charge on any atom is -0.496 e. The Morgan fingerprint density at radius 1 is 1.33 bits per heavy atom. The summed E-state index contributed by atoms with van der Waals surface area (Å²) in [5.74, 6) is -0.658. The van der Waals surface area contributed by atoms with Crippen LogP contribution >= 0.6 is 11.6 Å². The number of hydrogen-bond donors (Lipinski definition) is 0. The highest BCUT2D eigenvalue weighted by Crippen LogP contribution is 2.29. The molecule has 0 fully saturated rings. The van der Waals surface area contributed by atoms with Gasteiger partial charge in [0.15, 0.2) is 11.7 Å². The minimum atomic E-state index is -1.03. The number of methoxy groups -OCH3 is 1. The summed E-state index contributed by atoms with van der Waals surface area (Å²) in [5, 5.41) is 10.0. The van der Waals surface area contributed by atoms with Crippen LogP contribution in [0.15, 0.2) is 42.5 Å². The molecule has 1 unspecified atom stereocenters. The Balaban J connectivity index is 2.10. The molecule has 0 radical (unpaired) electrons. The van der Waals surface area contributed by atoms with Crippen LogP contribution in [0.5, 0.6) is 5.75 Å². The van der Waals surface area contributed by atoms with Crippen LogP contribution in [0.25, 0.3) is 11.0 Å². The van der Waals surface area contributed by atoms with Crippen molar-refractivity contribution in [1.29, 1.82) is 5.26 Å². The minimum absolute atomic E-state index is 0.306. The molecule has 3 aromatic rings. The third-order valence-electron chi connectivity index (χ3n) is 3.90. The van der Waals surface area contributed by atoms with Crippen LogP contribution in [0.3, 0.4) is 0 Å². The van der Waals surface area contributed by atoms with Gasteiger partial charge in [-0.05, 0) is 30.3 Å². The van der Waals surface area contributed by atoms with E-state index in [0.29, 0.717) is 22.2 Å². The van der Waals surface area contributed by atoms with Crippen molar-refractivity contribution in [3.8, 4) is 11.8 Å². The van der Waals surface area contributed by atoms with E-state index in [1.54, 1.807) is 29.8 Å². The number of nitrogens with zero attached hydrogens (tertiary/aromatic N) is 3. The maximum atomic E-state index is 12.9. The van der Waals surface area contributed by atoms with Crippen molar-refractivity contribution < 1.29 is 9.53 Å². The molecule has 1 atom stereocenters. The first-order valence-electron chi connectivity index (χ1n) is 7.25. The molecule has 5 nitrogen and oxygen atoms in total. The van der Waals surface area contributed by atoms with E-state index < -0.39 is 5.92 Å². The van der Waals surface area contributed by atoms with Gasteiger partial charge in [0, 0.05) is 12.1 Å². The summed E-state index contributed by atoms with van der Waals surface area (Å²) in [6, 6.07) is 14.3. The van der Waals surface area contributed by atoms with E-state index in [-0.39, 0.29) is 5.78 Å². The van der Waals surface area contributed by atoms with E-state index in [2.05, 4.69) is 11.1 Å². The largest absolute Gasteiger partial charge is 0.496 e. The number of hydrogen-bond acceptors (Lipinski definition) is 4. The molecule has 0 N–H and O–H groups in total. The lowest BCUT2D eigenvalue weighted by molar-refractivity contribution is 0.0972. The molecular formula is C18H14ClN3O2. The predicted molar refractivity (Wildman–Crippen MR) is 91.4 cm³/mol. The van der Waals surface area contributed by atoms with Crippen molar-refractivity contribution in [2.45, 2.75) is 5.92 Å². The van der Waals surface area contributed by atoms with Crippen LogP contribution in [0.1, 0.15) is 22.1 Å². The molecular weight excluding hydrogens is 326 g/mol. The summed E-state index contributed by atoms with van der Waals surface area (Å²) >= 11 is 5.94. The fourth-order valence-corrected chi connectivity index (χ4v) is 2.84. The number of Topliss-reactive ketones (excluding diaryl/α,β-unsaturated/α-hetero) is 1. The third kappa shape index (κ3) is 2.61. The van der Waals surface area contributed by atoms with Gasteiger partial charge >= 0.3 is 0 Å². The standard InChI is InChI=1S/C18H14ClN3O2/c1-22-15-6-4-3-5-14(15)21-18(22)13(10-20)17(23)12-8-7-11(19)9-16(12)24-2/h3-9,13H,1-2H3. The normalized spacial score (nSPS) is 11.9. The quantitative estimate of drug-likeness (QED) is 0.679. The van der Waals surface area contributed by atoms with Crippen molar-refractivity contribution in [2.75, 3.05) is 7.11 Å². The SMILES string of the molecule is COc1cc(Cl)ccc1C(=O)C(C#N)c1nc2ccccc2n1C. The summed E-state index contributed by atoms with van der Waals surface area (Å²) in [5.41, 5.74) is 1.91. The fraction of sp³-hybridized carbons (Fsp3) is 0.167. The highest BCUT2D eigenvalue weighted by molar-refractivity contribution is 6.31. The summed E-state index contributed by atoms with van der Waals surface area (Å²) in [4.78, 5) is 17.4. The van der Waals surface area contributed by atoms with Crippen LogP contribution in [0, 0.1) is 11.3 Å². The second-order valence-corrected chi connectivity index (χ2v) is 5.73. The Morgan fingerprint density at radius 2 is 2.08 bits per heavy atom. The number of para-hydroxylation sites is 2. The number of ether oxygens (including phenoxy) is 1. The second kappa shape index (κ2) is 6.34. The van der Waals surface area contributed by atoms with Crippen LogP contribution in [-0.4, -0.2) is 22.4 Å². The lowest BCUT2D eigenvalue weighted by Crippen LogP contribution is -2.16. The molecule has 6 heteroatoms. The Labute approximate surface area is 144 Å². The second-order valence-electron chi connectivity index (χ2n) is 5.29. The Hall–Kier alpha value is -2.84. The van der Waals surface area contributed by atoms with Crippen LogP contribution in [0.4, 0.5) is 0 Å². The number of rotatable bonds is 4. The average molecular weight is 340 g/mol. The number of ketones is 1. The smallest absolute Gasteiger partial charge is 0.191 e. The van der Waals surface area contributed by atoms with Gasteiger partial charge in [-0.1, -0.05) is 23.7 Å². The first-order chi connectivity index (χ1) is 11.6. The monoisotopic (exact) mass is 339 g/mol. The number of fused-ring (bicyclic) bond motifs is 1. The number of nitriles is 1. The first kappa shape index (κ1) is 16.0. The van der Waals surface area contributed by atoms with Gasteiger partial charge in [0.2, 0.25) is 0 Å². The number of aryl methyl sites for hydroxylation is 1. The molecule has 1 heterocycles. The summed E-state index contributed by atoms with van der Waals surface area (Å²) in [7, 11) is 3.25. The zero-order valence-corrected chi connectivity index (χ0v) is 13.9. The number of halogens is 1. The van der Waals surface area contributed by atoms with Gasteiger partial charge in [-0.3, -0.25) is 4.79 Å². The molecule has 0 aliphatic heterocycles. The molecule has 24 heavy (non-hydrogen) atoms. The van der Waals surface area contributed by atoms with Crippen molar-refractivity contribution in [3.63, 3.8) is 0 Å². The topological polar surface area (TPSA) is 67.9 Å². The summed E-state index contributed by atoms with van der Waals surface area (Å²) < 4.78 is 6.99. The first-order valence-corrected chi connectivity index (χ1v) is 7.63. The van der Waals surface area contributed by atoms with E-state index in [4.69, 9.17) is 16.3 Å². The third-order valence-corrected chi connectivity index (χ3v) is 4.14. The highest BCUT2D eigenvalue weighted by atomic mass is 35.5. The number of aromatic nitrogens is 2. The van der Waals surface area contributed by atoms with Gasteiger partial charge in [0.05, 0.1) is 29.8 Å². The van der Waals surface area contributed by atoms with Gasteiger partial charge in [0.25, 0.3) is 0 Å². The Morgan fingerprint density at radius 3 is 2.75 bits per heavy atom. The lowest BCUT2D eigenvalue weighted by Gasteiger charge is -2.12. The van der Waals surface area contributed by atoms with Crippen molar-refractivity contribution >= 4 is 28.4 Å². The predicted octanol–water partition coefficient (Wildman–Crippen LogP) is 3.73. The van der Waals surface area contributed by atoms with Crippen LogP contribution in [-0.2, 0) is 7.05 Å². The molecule has 120 valence electrons. The van der Waals surface area contributed by atoms with Gasteiger partial charge in [-0.15, -0.1) is 0 Å². The molecule has 0 aliphatic carbocycles. The molecule has 0 aliphatic rings. The number of imidazole rings is 1. The zero-order valence-electron chi connectivity index (χ0n) is 13.2. The molecule has 3 rings (SSSR count). The van der Waals surface area contributed by atoms with Gasteiger partial charge < -0.3 is 9.30 Å². The van der Waals surface area contributed by atoms with E-state index in [1.165, 1.54) is 7.11 Å². The maximum absolute atomic E-state index is 12.9. The van der Waals surface area contributed by atoms with Gasteiger partial charge in [-0.25, -0.2) is 4.98 Å². The summed E-state index contributed by atoms with van der Waals surface area (Å²) in [6.45, 7) is 0. The maximum Gasteiger partial charge on any atom is 0.191 e. The molecule has 2 aromatic carbocycles. The van der Waals surface area contributed by atoms with Gasteiger partial charge in [-0.2, -0.15) is 5.26 Å². The van der Waals surface area contributed by atoms with E-state index in [1.807, 2.05) is 24.3 Å². The van der Waals surface area contributed by atoms with Crippen molar-refractivity contribution in [2.24, 2.45) is 7.05 Å². The molecule has 1 aromatic heterocycles. The lowest BCUT2D eigenvalue weighted by atomic mass is 9.97. The molecule has 0 bridgehead atoms. The molecule has 0 amide bonds. The number of carbonyl (C=O) groups excluding carboxylic acids is 1. The summed E-state index contributed by atoms with van der Waals surface area (Å²) in [6.07, 6.45) is 0. The van der Waals surface area contributed by atoms with E-state index >= 15 is 0 Å². The van der Waals surface area contributed by atoms with Gasteiger partial charge in [0.1, 0.15) is 11.6 Å². The number of benzene rings is 2. The Kier molecular flexibility index (Phi) is 4.24.